The van der Waals surface area contributed by atoms with E-state index in [4.69, 9.17) is 4.74 Å². The molecule has 0 spiro atoms. The van der Waals surface area contributed by atoms with Gasteiger partial charge in [-0.1, -0.05) is 13.3 Å². The molecule has 0 aromatic heterocycles. The van der Waals surface area contributed by atoms with Crippen molar-refractivity contribution < 1.29 is 14.3 Å². The summed E-state index contributed by atoms with van der Waals surface area (Å²) in [4.78, 5) is 21.5. The van der Waals surface area contributed by atoms with Crippen molar-refractivity contribution in [3.63, 3.8) is 0 Å². The second-order valence-electron chi connectivity index (χ2n) is 3.11. The van der Waals surface area contributed by atoms with Crippen LogP contribution in [0, 0.1) is 0 Å². The minimum Gasteiger partial charge on any atom is -0.461 e. The van der Waals surface area contributed by atoms with Crippen LogP contribution < -0.4 is 5.32 Å². The molecule has 0 aromatic carbocycles. The predicted octanol–water partition coefficient (Wildman–Crippen LogP) is 0.853. The van der Waals surface area contributed by atoms with Crippen molar-refractivity contribution >= 4 is 12.4 Å². The molecule has 0 heterocycles. The fraction of sp³-hybridized carbons (Fsp3) is 0.778. The second kappa shape index (κ2) is 6.46. The van der Waals surface area contributed by atoms with Gasteiger partial charge >= 0.3 is 5.97 Å². The highest BCUT2D eigenvalue weighted by molar-refractivity contribution is 5.78. The number of ether oxygens (including phenoxy) is 1. The SMILES string of the molecule is CCCC(NC=O)C(=O)OC(C)C. The highest BCUT2D eigenvalue weighted by Crippen LogP contribution is 2.01. The lowest BCUT2D eigenvalue weighted by Gasteiger charge is -2.15. The molecule has 1 unspecified atom stereocenters. The predicted molar refractivity (Wildman–Crippen MR) is 49.1 cm³/mol. The third-order valence-electron chi connectivity index (χ3n) is 1.48. The van der Waals surface area contributed by atoms with E-state index in [9.17, 15) is 9.59 Å². The van der Waals surface area contributed by atoms with Gasteiger partial charge in [0.05, 0.1) is 6.10 Å². The van der Waals surface area contributed by atoms with Crippen LogP contribution >= 0.6 is 0 Å². The molecule has 1 amide bonds. The average molecular weight is 187 g/mol. The average Bonchev–Trinajstić information content (AvgIpc) is 2.02. The Kier molecular flexibility index (Phi) is 5.93. The maximum Gasteiger partial charge on any atom is 0.328 e. The highest BCUT2D eigenvalue weighted by atomic mass is 16.5. The molecule has 0 fully saturated rings. The molecule has 0 aliphatic rings. The Morgan fingerprint density at radius 2 is 2.15 bits per heavy atom. The van der Waals surface area contributed by atoms with E-state index >= 15 is 0 Å². The molecular weight excluding hydrogens is 170 g/mol. The molecule has 4 nitrogen and oxygen atoms in total. The van der Waals surface area contributed by atoms with E-state index in [0.717, 1.165) is 6.42 Å². The van der Waals surface area contributed by atoms with Gasteiger partial charge in [0, 0.05) is 0 Å². The zero-order valence-corrected chi connectivity index (χ0v) is 8.37. The summed E-state index contributed by atoms with van der Waals surface area (Å²) in [5.41, 5.74) is 0. The van der Waals surface area contributed by atoms with Crippen LogP contribution in [0.1, 0.15) is 33.6 Å². The Balaban J connectivity index is 4.02. The quantitative estimate of drug-likeness (QED) is 0.495. The molecule has 76 valence electrons. The second-order valence-corrected chi connectivity index (χ2v) is 3.11. The molecule has 0 saturated heterocycles. The molecular formula is C9H17NO3. The van der Waals surface area contributed by atoms with Crippen molar-refractivity contribution in [2.75, 3.05) is 0 Å². The van der Waals surface area contributed by atoms with Gasteiger partial charge in [0.15, 0.2) is 0 Å². The van der Waals surface area contributed by atoms with Gasteiger partial charge < -0.3 is 10.1 Å². The number of amides is 1. The van der Waals surface area contributed by atoms with E-state index in [-0.39, 0.29) is 12.1 Å². The summed E-state index contributed by atoms with van der Waals surface area (Å²) in [5.74, 6) is -0.357. The van der Waals surface area contributed by atoms with E-state index < -0.39 is 6.04 Å². The maximum absolute atomic E-state index is 11.3. The van der Waals surface area contributed by atoms with Crippen molar-refractivity contribution in [2.45, 2.75) is 45.8 Å². The first-order valence-corrected chi connectivity index (χ1v) is 4.52. The van der Waals surface area contributed by atoms with Gasteiger partial charge in [0.25, 0.3) is 0 Å². The molecule has 0 bridgehead atoms. The van der Waals surface area contributed by atoms with Gasteiger partial charge in [-0.25, -0.2) is 4.79 Å². The van der Waals surface area contributed by atoms with Gasteiger partial charge in [-0.2, -0.15) is 0 Å². The lowest BCUT2D eigenvalue weighted by molar-refractivity contribution is -0.150. The van der Waals surface area contributed by atoms with Crippen LogP contribution in [0.5, 0.6) is 0 Å². The largest absolute Gasteiger partial charge is 0.461 e. The number of nitrogens with one attached hydrogen (secondary N) is 1. The first-order valence-electron chi connectivity index (χ1n) is 4.52. The molecule has 0 aliphatic carbocycles. The van der Waals surface area contributed by atoms with Crippen molar-refractivity contribution in [2.24, 2.45) is 0 Å². The Bertz CT molecular complexity index is 168. The van der Waals surface area contributed by atoms with Crippen LogP contribution in [0.25, 0.3) is 0 Å². The number of rotatable bonds is 6. The van der Waals surface area contributed by atoms with Crippen molar-refractivity contribution in [1.29, 1.82) is 0 Å². The van der Waals surface area contributed by atoms with Crippen LogP contribution in [0.3, 0.4) is 0 Å². The lowest BCUT2D eigenvalue weighted by atomic mass is 10.2. The highest BCUT2D eigenvalue weighted by Gasteiger charge is 2.18. The first kappa shape index (κ1) is 11.9. The number of carbonyl (C=O) groups excluding carboxylic acids is 2. The zero-order valence-electron chi connectivity index (χ0n) is 8.37. The van der Waals surface area contributed by atoms with Crippen molar-refractivity contribution in [1.82, 2.24) is 5.32 Å². The summed E-state index contributed by atoms with van der Waals surface area (Å²) < 4.78 is 4.96. The summed E-state index contributed by atoms with van der Waals surface area (Å²) in [7, 11) is 0. The lowest BCUT2D eigenvalue weighted by Crippen LogP contribution is -2.38. The number of hydrogen-bond donors (Lipinski definition) is 1. The van der Waals surface area contributed by atoms with Gasteiger partial charge in [-0.3, -0.25) is 4.79 Å². The van der Waals surface area contributed by atoms with E-state index in [0.29, 0.717) is 12.8 Å². The van der Waals surface area contributed by atoms with Crippen LogP contribution in [0.4, 0.5) is 0 Å². The van der Waals surface area contributed by atoms with Crippen LogP contribution in [0.2, 0.25) is 0 Å². The molecule has 0 aromatic rings. The minimum atomic E-state index is -0.495. The summed E-state index contributed by atoms with van der Waals surface area (Å²) in [6, 6.07) is -0.495. The third-order valence-corrected chi connectivity index (χ3v) is 1.48. The Hall–Kier alpha value is -1.06. The fourth-order valence-corrected chi connectivity index (χ4v) is 0.954. The summed E-state index contributed by atoms with van der Waals surface area (Å²) in [6.45, 7) is 5.51. The molecule has 4 heteroatoms. The fourth-order valence-electron chi connectivity index (χ4n) is 0.954. The molecule has 1 N–H and O–H groups in total. The molecule has 1 atom stereocenters. The first-order chi connectivity index (χ1) is 6.11. The Labute approximate surface area is 78.6 Å². The normalized spacial score (nSPS) is 12.3. The zero-order chi connectivity index (χ0) is 10.3. The van der Waals surface area contributed by atoms with Gasteiger partial charge in [-0.05, 0) is 20.3 Å². The maximum atomic E-state index is 11.3. The van der Waals surface area contributed by atoms with E-state index in [2.05, 4.69) is 5.32 Å². The van der Waals surface area contributed by atoms with Crippen molar-refractivity contribution in [3.05, 3.63) is 0 Å². The molecule has 0 aliphatic heterocycles. The molecule has 0 rings (SSSR count). The van der Waals surface area contributed by atoms with E-state index in [1.54, 1.807) is 13.8 Å². The van der Waals surface area contributed by atoms with Gasteiger partial charge in [0.1, 0.15) is 6.04 Å². The minimum absolute atomic E-state index is 0.139. The number of hydrogen-bond acceptors (Lipinski definition) is 3. The summed E-state index contributed by atoms with van der Waals surface area (Å²) >= 11 is 0. The van der Waals surface area contributed by atoms with Crippen molar-refractivity contribution in [3.8, 4) is 0 Å². The van der Waals surface area contributed by atoms with Crippen LogP contribution in [-0.2, 0) is 14.3 Å². The summed E-state index contributed by atoms with van der Waals surface area (Å²) in [6.07, 6.45) is 1.84. The van der Waals surface area contributed by atoms with E-state index in [1.807, 2.05) is 6.92 Å². The monoisotopic (exact) mass is 187 g/mol. The van der Waals surface area contributed by atoms with Gasteiger partial charge in [-0.15, -0.1) is 0 Å². The summed E-state index contributed by atoms with van der Waals surface area (Å²) in [5, 5.41) is 2.43. The third kappa shape index (κ3) is 5.22. The Morgan fingerprint density at radius 1 is 1.54 bits per heavy atom. The number of esters is 1. The van der Waals surface area contributed by atoms with Crippen LogP contribution in [-0.4, -0.2) is 24.5 Å². The topological polar surface area (TPSA) is 55.4 Å². The number of carbonyl (C=O) groups is 2. The molecule has 13 heavy (non-hydrogen) atoms. The van der Waals surface area contributed by atoms with Gasteiger partial charge in [0.2, 0.25) is 6.41 Å². The standard InChI is InChI=1S/C9H17NO3/c1-4-5-8(10-6-11)9(12)13-7(2)3/h6-8H,4-5H2,1-3H3,(H,10,11). The molecule has 0 radical (unpaired) electrons. The van der Waals surface area contributed by atoms with E-state index in [1.165, 1.54) is 0 Å². The van der Waals surface area contributed by atoms with Crippen LogP contribution in [0.15, 0.2) is 0 Å². The Morgan fingerprint density at radius 3 is 2.54 bits per heavy atom. The smallest absolute Gasteiger partial charge is 0.328 e. The molecule has 0 saturated carbocycles.